The van der Waals surface area contributed by atoms with Crippen LogP contribution in [0.3, 0.4) is 0 Å². The fourth-order valence-electron chi connectivity index (χ4n) is 2.39. The van der Waals surface area contributed by atoms with E-state index in [-0.39, 0.29) is 23.4 Å². The van der Waals surface area contributed by atoms with Gasteiger partial charge in [0.15, 0.2) is 0 Å². The minimum atomic E-state index is -1.04. The molecule has 9 heteroatoms. The van der Waals surface area contributed by atoms with E-state index in [0.717, 1.165) is 35.0 Å². The highest BCUT2D eigenvalue weighted by atomic mass is 19.1. The second kappa shape index (κ2) is 6.79. The van der Waals surface area contributed by atoms with Gasteiger partial charge in [-0.15, -0.1) is 0 Å². The molecule has 0 unspecified atom stereocenters. The number of nitrogens with zero attached hydrogens (tertiary/aromatic N) is 3. The van der Waals surface area contributed by atoms with E-state index >= 15 is 0 Å². The summed E-state index contributed by atoms with van der Waals surface area (Å²) < 4.78 is 41.4. The largest absolute Gasteiger partial charge is 0.304 e. The summed E-state index contributed by atoms with van der Waals surface area (Å²) in [5.74, 6) is -2.63. The second-order valence-electron chi connectivity index (χ2n) is 5.42. The van der Waals surface area contributed by atoms with Gasteiger partial charge in [0.05, 0.1) is 17.2 Å². The predicted octanol–water partition coefficient (Wildman–Crippen LogP) is 3.28. The first-order chi connectivity index (χ1) is 12.3. The van der Waals surface area contributed by atoms with Crippen LogP contribution in [0.15, 0.2) is 53.3 Å². The highest BCUT2D eigenvalue weighted by Gasteiger charge is 2.14. The molecule has 0 radical (unpaired) electrons. The molecule has 26 heavy (non-hydrogen) atoms. The average Bonchev–Trinajstić information content (AvgIpc) is 2.55. The summed E-state index contributed by atoms with van der Waals surface area (Å²) in [5.41, 5.74) is -0.663. The number of benzene rings is 2. The van der Waals surface area contributed by atoms with Crippen LogP contribution in [0.25, 0.3) is 11.3 Å². The Morgan fingerprint density at radius 2 is 1.69 bits per heavy atom. The Kier molecular flexibility index (Phi) is 4.53. The van der Waals surface area contributed by atoms with Crippen LogP contribution in [-0.2, 0) is 6.54 Å². The molecule has 0 fully saturated rings. The lowest BCUT2D eigenvalue weighted by atomic mass is 10.1. The van der Waals surface area contributed by atoms with Crippen LogP contribution >= 0.6 is 0 Å². The Labute approximate surface area is 144 Å². The summed E-state index contributed by atoms with van der Waals surface area (Å²) in [6.45, 7) is -0.167. The van der Waals surface area contributed by atoms with E-state index < -0.39 is 33.6 Å². The van der Waals surface area contributed by atoms with Crippen LogP contribution in [0.5, 0.6) is 0 Å². The molecule has 0 N–H and O–H groups in total. The molecule has 132 valence electrons. The quantitative estimate of drug-likeness (QED) is 0.528. The van der Waals surface area contributed by atoms with E-state index in [1.165, 1.54) is 12.1 Å². The van der Waals surface area contributed by atoms with Crippen LogP contribution in [0.1, 0.15) is 5.56 Å². The molecular weight excluding hydrogens is 351 g/mol. The summed E-state index contributed by atoms with van der Waals surface area (Å²) in [6.07, 6.45) is 0. The van der Waals surface area contributed by atoms with Crippen molar-refractivity contribution in [3.05, 3.63) is 92.0 Å². The van der Waals surface area contributed by atoms with Gasteiger partial charge in [0, 0.05) is 23.8 Å². The Hall–Kier alpha value is -3.49. The van der Waals surface area contributed by atoms with E-state index in [0.29, 0.717) is 6.07 Å². The molecular formula is C17H10F3N3O3. The van der Waals surface area contributed by atoms with Gasteiger partial charge in [-0.1, -0.05) is 6.07 Å². The van der Waals surface area contributed by atoms with Crippen molar-refractivity contribution in [3.8, 4) is 11.3 Å². The first-order valence-electron chi connectivity index (χ1n) is 7.31. The van der Waals surface area contributed by atoms with Crippen molar-refractivity contribution < 1.29 is 18.1 Å². The minimum Gasteiger partial charge on any atom is -0.268 e. The van der Waals surface area contributed by atoms with Gasteiger partial charge in [0.1, 0.15) is 11.6 Å². The molecule has 3 rings (SSSR count). The molecule has 0 saturated carbocycles. The Bertz CT molecular complexity index is 1050. The van der Waals surface area contributed by atoms with Crippen molar-refractivity contribution in [1.29, 1.82) is 0 Å². The molecule has 1 heterocycles. The smallest absolute Gasteiger partial charge is 0.268 e. The minimum absolute atomic E-state index is 0.131. The third kappa shape index (κ3) is 3.61. The van der Waals surface area contributed by atoms with E-state index in [2.05, 4.69) is 5.10 Å². The number of halogens is 3. The van der Waals surface area contributed by atoms with Gasteiger partial charge in [-0.05, 0) is 29.8 Å². The third-order valence-electron chi connectivity index (χ3n) is 3.57. The average molecular weight is 361 g/mol. The number of nitro groups is 1. The van der Waals surface area contributed by atoms with E-state index in [1.807, 2.05) is 0 Å². The number of hydrogen-bond acceptors (Lipinski definition) is 4. The molecule has 2 aromatic carbocycles. The van der Waals surface area contributed by atoms with Crippen LogP contribution in [-0.4, -0.2) is 14.7 Å². The lowest BCUT2D eigenvalue weighted by Crippen LogP contribution is -2.23. The molecule has 0 saturated heterocycles. The lowest BCUT2D eigenvalue weighted by molar-refractivity contribution is -0.387. The van der Waals surface area contributed by atoms with Crippen molar-refractivity contribution in [2.45, 2.75) is 6.54 Å². The van der Waals surface area contributed by atoms with E-state index in [1.54, 1.807) is 0 Å². The van der Waals surface area contributed by atoms with Crippen molar-refractivity contribution in [3.63, 3.8) is 0 Å². The first kappa shape index (κ1) is 17.3. The Balaban J connectivity index is 1.97. The Morgan fingerprint density at radius 1 is 1.00 bits per heavy atom. The molecule has 0 amide bonds. The molecule has 0 aliphatic carbocycles. The van der Waals surface area contributed by atoms with E-state index in [9.17, 15) is 28.1 Å². The normalized spacial score (nSPS) is 10.7. The SMILES string of the molecule is O=c1ccc(-c2cc(F)cc(F)c2)nn1Cc1ccc([N+](=O)[O-])c(F)c1. The first-order valence-corrected chi connectivity index (χ1v) is 7.31. The number of nitro benzene ring substituents is 1. The zero-order chi connectivity index (χ0) is 18.8. The molecule has 3 aromatic rings. The van der Waals surface area contributed by atoms with Crippen LogP contribution in [0.4, 0.5) is 18.9 Å². The maximum absolute atomic E-state index is 13.7. The van der Waals surface area contributed by atoms with Gasteiger partial charge in [0.2, 0.25) is 5.82 Å². The van der Waals surface area contributed by atoms with Crippen molar-refractivity contribution in [2.24, 2.45) is 0 Å². The van der Waals surface area contributed by atoms with Gasteiger partial charge in [-0.3, -0.25) is 14.9 Å². The maximum Gasteiger partial charge on any atom is 0.304 e. The monoisotopic (exact) mass is 361 g/mol. The van der Waals surface area contributed by atoms with Crippen LogP contribution in [0, 0.1) is 27.6 Å². The summed E-state index contributed by atoms with van der Waals surface area (Å²) >= 11 is 0. The van der Waals surface area contributed by atoms with Crippen molar-refractivity contribution >= 4 is 5.69 Å². The highest BCUT2D eigenvalue weighted by Crippen LogP contribution is 2.20. The van der Waals surface area contributed by atoms with Gasteiger partial charge in [0.25, 0.3) is 5.56 Å². The number of rotatable bonds is 4. The van der Waals surface area contributed by atoms with Crippen molar-refractivity contribution in [1.82, 2.24) is 9.78 Å². The molecule has 0 aliphatic rings. The molecule has 0 spiro atoms. The Morgan fingerprint density at radius 3 is 2.31 bits per heavy atom. The molecule has 6 nitrogen and oxygen atoms in total. The second-order valence-corrected chi connectivity index (χ2v) is 5.42. The molecule has 0 bridgehead atoms. The highest BCUT2D eigenvalue weighted by molar-refractivity contribution is 5.58. The third-order valence-corrected chi connectivity index (χ3v) is 3.57. The van der Waals surface area contributed by atoms with Crippen LogP contribution in [0.2, 0.25) is 0 Å². The maximum atomic E-state index is 13.7. The summed E-state index contributed by atoms with van der Waals surface area (Å²) in [4.78, 5) is 21.7. The van der Waals surface area contributed by atoms with Gasteiger partial charge in [-0.25, -0.2) is 13.5 Å². The summed E-state index contributed by atoms with van der Waals surface area (Å²) in [5, 5.41) is 14.7. The van der Waals surface area contributed by atoms with Crippen molar-refractivity contribution in [2.75, 3.05) is 0 Å². The standard InChI is InChI=1S/C17H10F3N3O3/c18-12-6-11(7-13(19)8-12)15-2-4-17(24)22(21-15)9-10-1-3-16(23(25)26)14(20)5-10/h1-8H,9H2. The van der Waals surface area contributed by atoms with Gasteiger partial charge < -0.3 is 0 Å². The summed E-state index contributed by atoms with van der Waals surface area (Å²) in [6, 6.07) is 8.51. The summed E-state index contributed by atoms with van der Waals surface area (Å²) in [7, 11) is 0. The topological polar surface area (TPSA) is 78.0 Å². The molecule has 0 atom stereocenters. The lowest BCUT2D eigenvalue weighted by Gasteiger charge is -2.08. The van der Waals surface area contributed by atoms with Gasteiger partial charge >= 0.3 is 5.69 Å². The predicted molar refractivity (Wildman–Crippen MR) is 86.0 cm³/mol. The number of hydrogen-bond donors (Lipinski definition) is 0. The van der Waals surface area contributed by atoms with E-state index in [4.69, 9.17) is 0 Å². The van der Waals surface area contributed by atoms with Crippen LogP contribution < -0.4 is 5.56 Å². The zero-order valence-corrected chi connectivity index (χ0v) is 13.0. The molecule has 1 aromatic heterocycles. The fraction of sp³-hybridized carbons (Fsp3) is 0.0588. The van der Waals surface area contributed by atoms with Gasteiger partial charge in [-0.2, -0.15) is 9.49 Å². The fourth-order valence-corrected chi connectivity index (χ4v) is 2.39. The number of aromatic nitrogens is 2. The molecule has 0 aliphatic heterocycles. The zero-order valence-electron chi connectivity index (χ0n) is 13.0.